The van der Waals surface area contributed by atoms with Crippen molar-refractivity contribution in [2.24, 2.45) is 0 Å². The number of imidazole rings is 1. The molecule has 3 aromatic rings. The highest BCUT2D eigenvalue weighted by Gasteiger charge is 2.43. The van der Waals surface area contributed by atoms with E-state index < -0.39 is 36.2 Å². The van der Waals surface area contributed by atoms with Crippen molar-refractivity contribution in [3.05, 3.63) is 35.9 Å². The number of aromatic nitrogens is 5. The van der Waals surface area contributed by atoms with Gasteiger partial charge in [-0.2, -0.15) is 18.3 Å². The van der Waals surface area contributed by atoms with Crippen LogP contribution in [-0.4, -0.2) is 48.5 Å². The number of nitrogens with one attached hydrogen (secondary N) is 3. The molecule has 2 aliphatic rings. The van der Waals surface area contributed by atoms with E-state index in [4.69, 9.17) is 4.74 Å². The number of carbonyl (C=O) groups is 1. The molecule has 2 aliphatic carbocycles. The molecule has 1 amide bonds. The molecule has 0 radical (unpaired) electrons. The first kappa shape index (κ1) is 21.5. The van der Waals surface area contributed by atoms with Crippen molar-refractivity contribution in [1.82, 2.24) is 29.9 Å². The predicted molar refractivity (Wildman–Crippen MR) is 108 cm³/mol. The third-order valence-electron chi connectivity index (χ3n) is 6.07. The van der Waals surface area contributed by atoms with Gasteiger partial charge in [0.1, 0.15) is 17.9 Å². The molecule has 0 unspecified atom stereocenters. The van der Waals surface area contributed by atoms with Gasteiger partial charge in [-0.25, -0.2) is 19.2 Å². The highest BCUT2D eigenvalue weighted by atomic mass is 19.4. The molecule has 2 fully saturated rings. The molecule has 5 rings (SSSR count). The van der Waals surface area contributed by atoms with Gasteiger partial charge in [0, 0.05) is 35.6 Å². The number of fused-ring (bicyclic) bond motifs is 1. The van der Waals surface area contributed by atoms with Gasteiger partial charge in [-0.1, -0.05) is 0 Å². The molecule has 3 N–H and O–H groups in total. The van der Waals surface area contributed by atoms with E-state index in [-0.39, 0.29) is 23.0 Å². The molecule has 0 spiro atoms. The van der Waals surface area contributed by atoms with Crippen LogP contribution in [-0.2, 0) is 10.9 Å². The molecular formula is C20H21F4N7O2. The quantitative estimate of drug-likeness (QED) is 0.488. The van der Waals surface area contributed by atoms with E-state index in [9.17, 15) is 18.0 Å². The fourth-order valence-electron chi connectivity index (χ4n) is 3.95. The van der Waals surface area contributed by atoms with Crippen molar-refractivity contribution in [1.29, 1.82) is 0 Å². The Kier molecular flexibility index (Phi) is 4.94. The van der Waals surface area contributed by atoms with Crippen molar-refractivity contribution in [3.63, 3.8) is 0 Å². The van der Waals surface area contributed by atoms with E-state index in [1.807, 2.05) is 6.92 Å². The normalized spacial score (nSPS) is 24.1. The maximum atomic E-state index is 15.0. The minimum absolute atomic E-state index is 0.0634. The number of carbonyl (C=O) groups excluding carboxylic acids is 1. The largest absolute Gasteiger partial charge is 0.443 e. The van der Waals surface area contributed by atoms with Gasteiger partial charge in [0.2, 0.25) is 5.95 Å². The lowest BCUT2D eigenvalue weighted by Gasteiger charge is -2.19. The summed E-state index contributed by atoms with van der Waals surface area (Å²) in [7, 11) is 0. The molecule has 0 aromatic carbocycles. The molecule has 33 heavy (non-hydrogen) atoms. The average Bonchev–Trinajstić information content (AvgIpc) is 3.13. The van der Waals surface area contributed by atoms with Crippen LogP contribution in [0.3, 0.4) is 0 Å². The van der Waals surface area contributed by atoms with E-state index in [2.05, 4.69) is 30.8 Å². The minimum Gasteiger partial charge on any atom is -0.443 e. The zero-order chi connectivity index (χ0) is 23.4. The third-order valence-corrected chi connectivity index (χ3v) is 6.07. The number of ether oxygens (including phenoxy) is 1. The maximum Gasteiger partial charge on any atom is 0.434 e. The number of amides is 1. The number of halogens is 4. The summed E-state index contributed by atoms with van der Waals surface area (Å²) in [5.41, 5.74) is -0.746. The van der Waals surface area contributed by atoms with Gasteiger partial charge in [-0.3, -0.25) is 9.50 Å². The molecule has 3 heterocycles. The number of rotatable bonds is 5. The number of H-pyrrole nitrogens is 1. The van der Waals surface area contributed by atoms with Crippen molar-refractivity contribution >= 4 is 23.5 Å². The topological polar surface area (TPSA) is 109 Å². The van der Waals surface area contributed by atoms with Gasteiger partial charge in [0.05, 0.1) is 0 Å². The van der Waals surface area contributed by atoms with Gasteiger partial charge in [-0.05, 0) is 38.7 Å². The Morgan fingerprint density at radius 1 is 1.33 bits per heavy atom. The first-order valence-corrected chi connectivity index (χ1v) is 10.5. The summed E-state index contributed by atoms with van der Waals surface area (Å²) in [6.07, 6.45) is -2.77. The molecule has 3 aromatic heterocycles. The van der Waals surface area contributed by atoms with Gasteiger partial charge in [-0.15, -0.1) is 0 Å². The summed E-state index contributed by atoms with van der Waals surface area (Å²) in [6, 6.07) is 2.91. The lowest BCUT2D eigenvalue weighted by atomic mass is 10.0. The number of aromatic amines is 1. The highest BCUT2D eigenvalue weighted by molar-refractivity contribution is 5.69. The van der Waals surface area contributed by atoms with Crippen LogP contribution in [0.25, 0.3) is 5.65 Å². The van der Waals surface area contributed by atoms with Crippen LogP contribution in [0.5, 0.6) is 0 Å². The van der Waals surface area contributed by atoms with E-state index in [1.54, 1.807) is 6.07 Å². The summed E-state index contributed by atoms with van der Waals surface area (Å²) in [4.78, 5) is 19.6. The molecule has 13 heteroatoms. The van der Waals surface area contributed by atoms with Crippen molar-refractivity contribution in [3.8, 4) is 0 Å². The van der Waals surface area contributed by atoms with Crippen LogP contribution in [0, 0.1) is 0 Å². The Balaban J connectivity index is 1.27. The summed E-state index contributed by atoms with van der Waals surface area (Å²) >= 11 is 0. The number of nitrogens with zero attached hydrogens (tertiary/aromatic N) is 4. The summed E-state index contributed by atoms with van der Waals surface area (Å²) in [6.45, 7) is 1.90. The molecule has 3 atom stereocenters. The molecule has 0 bridgehead atoms. The number of hydrogen-bond acceptors (Lipinski definition) is 6. The fourth-order valence-corrected chi connectivity index (χ4v) is 3.95. The third kappa shape index (κ3) is 4.31. The van der Waals surface area contributed by atoms with E-state index in [1.165, 1.54) is 12.3 Å². The standard InChI is InChI=1S/C20H21F4N7O2/c1-19(5-6-19)28-18(32)33-12-3-2-10(16(12)21)11-8-14(30-29-11)27-17-25-7-4-15-26-13(9-31(15)17)20(22,23)24/h4,7-10,12,16H,2-3,5-6H2,1H3,(H,28,32)(H2,25,27,29,30)/t10-,12-,16+/m1/s1. The first-order valence-electron chi connectivity index (χ1n) is 10.5. The zero-order valence-electron chi connectivity index (χ0n) is 17.5. The van der Waals surface area contributed by atoms with Gasteiger partial charge in [0.15, 0.2) is 11.5 Å². The smallest absolute Gasteiger partial charge is 0.434 e. The molecule has 176 valence electrons. The first-order chi connectivity index (χ1) is 15.6. The molecule has 0 saturated heterocycles. The van der Waals surface area contributed by atoms with Crippen LogP contribution >= 0.6 is 0 Å². The second kappa shape index (κ2) is 7.59. The monoisotopic (exact) mass is 467 g/mol. The van der Waals surface area contributed by atoms with Crippen LogP contribution in [0.2, 0.25) is 0 Å². The number of alkyl carbamates (subject to hydrolysis) is 1. The summed E-state index contributed by atoms with van der Waals surface area (Å²) in [5.74, 6) is -0.234. The number of anilines is 2. The molecule has 2 saturated carbocycles. The van der Waals surface area contributed by atoms with Crippen molar-refractivity contribution < 1.29 is 27.1 Å². The van der Waals surface area contributed by atoms with E-state index in [0.29, 0.717) is 18.5 Å². The Morgan fingerprint density at radius 2 is 2.12 bits per heavy atom. The summed E-state index contributed by atoms with van der Waals surface area (Å²) < 4.78 is 60.4. The maximum absolute atomic E-state index is 15.0. The second-order valence-corrected chi connectivity index (χ2v) is 8.71. The Labute approximate surface area is 184 Å². The highest BCUT2D eigenvalue weighted by Crippen LogP contribution is 2.39. The second-order valence-electron chi connectivity index (χ2n) is 8.71. The van der Waals surface area contributed by atoms with Crippen molar-refractivity contribution in [2.75, 3.05) is 5.32 Å². The van der Waals surface area contributed by atoms with Gasteiger partial charge in [0.25, 0.3) is 0 Å². The van der Waals surface area contributed by atoms with Crippen LogP contribution in [0.4, 0.5) is 34.1 Å². The SMILES string of the molecule is CC1(NC(=O)O[C@@H]2CC[C@H](c3cc(Nc4nccc5nc(C(F)(F)F)cn45)n[nH]3)[C@@H]2F)CC1. The number of alkyl halides is 4. The Hall–Kier alpha value is -3.38. The van der Waals surface area contributed by atoms with Gasteiger partial charge < -0.3 is 15.4 Å². The van der Waals surface area contributed by atoms with Crippen molar-refractivity contribution in [2.45, 2.75) is 62.5 Å². The van der Waals surface area contributed by atoms with Crippen LogP contribution in [0.15, 0.2) is 24.5 Å². The van der Waals surface area contributed by atoms with Crippen LogP contribution < -0.4 is 10.6 Å². The average molecular weight is 467 g/mol. The Bertz CT molecular complexity index is 1190. The number of hydrogen-bond donors (Lipinski definition) is 3. The zero-order valence-corrected chi connectivity index (χ0v) is 17.5. The lowest BCUT2D eigenvalue weighted by Crippen LogP contribution is -2.38. The van der Waals surface area contributed by atoms with E-state index >= 15 is 4.39 Å². The summed E-state index contributed by atoms with van der Waals surface area (Å²) in [5, 5.41) is 12.4. The van der Waals surface area contributed by atoms with E-state index in [0.717, 1.165) is 23.4 Å². The predicted octanol–water partition coefficient (Wildman–Crippen LogP) is 4.08. The minimum atomic E-state index is -4.59. The Morgan fingerprint density at radius 3 is 2.85 bits per heavy atom. The fraction of sp³-hybridized carbons (Fsp3) is 0.500. The lowest BCUT2D eigenvalue weighted by molar-refractivity contribution is -0.140. The molecule has 0 aliphatic heterocycles. The molecule has 9 nitrogen and oxygen atoms in total. The van der Waals surface area contributed by atoms with Crippen LogP contribution in [0.1, 0.15) is 49.9 Å². The van der Waals surface area contributed by atoms with Gasteiger partial charge >= 0.3 is 12.3 Å². The molecular weight excluding hydrogens is 446 g/mol.